The normalized spacial score (nSPS) is 10.6. The van der Waals surface area contributed by atoms with Gasteiger partial charge >= 0.3 is 0 Å². The summed E-state index contributed by atoms with van der Waals surface area (Å²) in [4.78, 5) is 14.6. The van der Waals surface area contributed by atoms with E-state index in [-0.39, 0.29) is 10.5 Å². The fourth-order valence-electron chi connectivity index (χ4n) is 1.18. The molecule has 2 nitrogen and oxygen atoms in total. The van der Waals surface area contributed by atoms with Gasteiger partial charge in [0.25, 0.3) is 0 Å². The Morgan fingerprint density at radius 2 is 2.00 bits per heavy atom. The van der Waals surface area contributed by atoms with Crippen LogP contribution in [0.15, 0.2) is 29.1 Å². The number of hydrogen-bond donors (Lipinski definition) is 1. The molecule has 0 unspecified atom stereocenters. The number of hydrogen-bond acceptors (Lipinski definition) is 1. The highest BCUT2D eigenvalue weighted by Crippen LogP contribution is 2.16. The fraction of sp³-hybridized carbons (Fsp3) is 0. The monoisotopic (exact) mass is 305 g/mol. The predicted octanol–water partition coefficient (Wildman–Crippen LogP) is 2.79. The van der Waals surface area contributed by atoms with Gasteiger partial charge in [-0.2, -0.15) is 0 Å². The first-order valence-corrected chi connectivity index (χ1v) is 5.12. The summed E-state index contributed by atoms with van der Waals surface area (Å²) in [5.74, 6) is 0. The molecule has 0 spiro atoms. The van der Waals surface area contributed by atoms with Crippen molar-refractivity contribution in [1.29, 1.82) is 0 Å². The van der Waals surface area contributed by atoms with Gasteiger partial charge in [0.05, 0.1) is 5.52 Å². The third kappa shape index (κ3) is 1.46. The van der Waals surface area contributed by atoms with Crippen LogP contribution in [-0.4, -0.2) is 4.98 Å². The molecule has 4 heteroatoms. The molecule has 0 atom stereocenters. The van der Waals surface area contributed by atoms with Gasteiger partial charge in [0.15, 0.2) is 0 Å². The van der Waals surface area contributed by atoms with Crippen LogP contribution >= 0.6 is 34.2 Å². The number of para-hydroxylation sites is 1. The molecule has 1 aromatic carbocycles. The van der Waals surface area contributed by atoms with Gasteiger partial charge in [-0.3, -0.25) is 4.79 Å². The Kier molecular flexibility index (Phi) is 2.29. The van der Waals surface area contributed by atoms with Gasteiger partial charge in [-0.05, 0) is 34.7 Å². The van der Waals surface area contributed by atoms with Crippen LogP contribution in [-0.2, 0) is 0 Å². The van der Waals surface area contributed by atoms with E-state index in [2.05, 4.69) is 4.98 Å². The summed E-state index contributed by atoms with van der Waals surface area (Å²) < 4.78 is 0.683. The van der Waals surface area contributed by atoms with E-state index >= 15 is 0 Å². The van der Waals surface area contributed by atoms with Crippen molar-refractivity contribution in [3.63, 3.8) is 0 Å². The zero-order chi connectivity index (χ0) is 9.42. The second-order valence-electron chi connectivity index (χ2n) is 2.63. The lowest BCUT2D eigenvalue weighted by atomic mass is 10.2. The lowest BCUT2D eigenvalue weighted by Crippen LogP contribution is -2.05. The SMILES string of the molecule is O=c1c(Cl)c(I)[nH]c2ccccc12. The van der Waals surface area contributed by atoms with E-state index in [1.165, 1.54) is 0 Å². The number of nitrogens with one attached hydrogen (secondary N) is 1. The second kappa shape index (κ2) is 3.31. The topological polar surface area (TPSA) is 32.9 Å². The van der Waals surface area contributed by atoms with Crippen molar-refractivity contribution in [3.05, 3.63) is 43.2 Å². The predicted molar refractivity (Wildman–Crippen MR) is 62.3 cm³/mol. The van der Waals surface area contributed by atoms with Crippen molar-refractivity contribution in [2.45, 2.75) is 0 Å². The molecule has 13 heavy (non-hydrogen) atoms. The summed E-state index contributed by atoms with van der Waals surface area (Å²) in [6, 6.07) is 7.31. The molecule has 0 saturated carbocycles. The Bertz CT molecular complexity index is 520. The molecule has 0 radical (unpaired) electrons. The Morgan fingerprint density at radius 3 is 2.77 bits per heavy atom. The second-order valence-corrected chi connectivity index (χ2v) is 4.08. The Morgan fingerprint density at radius 1 is 1.31 bits per heavy atom. The highest BCUT2D eigenvalue weighted by Gasteiger charge is 2.06. The maximum Gasteiger partial charge on any atom is 0.209 e. The summed E-state index contributed by atoms with van der Waals surface area (Å²) in [5, 5.41) is 0.896. The molecule has 1 heterocycles. The lowest BCUT2D eigenvalue weighted by molar-refractivity contribution is 1.33. The molecule has 0 aliphatic heterocycles. The number of benzene rings is 1. The molecule has 0 saturated heterocycles. The van der Waals surface area contributed by atoms with Gasteiger partial charge in [0.1, 0.15) is 8.72 Å². The first-order valence-electron chi connectivity index (χ1n) is 3.66. The molecular formula is C9H5ClINO. The van der Waals surface area contributed by atoms with Crippen LogP contribution in [0.1, 0.15) is 0 Å². The third-order valence-electron chi connectivity index (χ3n) is 1.81. The van der Waals surface area contributed by atoms with Gasteiger partial charge in [0.2, 0.25) is 5.43 Å². The smallest absolute Gasteiger partial charge is 0.209 e. The van der Waals surface area contributed by atoms with Crippen LogP contribution in [0.25, 0.3) is 10.9 Å². The van der Waals surface area contributed by atoms with Crippen LogP contribution in [0.3, 0.4) is 0 Å². The van der Waals surface area contributed by atoms with E-state index < -0.39 is 0 Å². The number of rotatable bonds is 0. The van der Waals surface area contributed by atoms with Crippen molar-refractivity contribution in [2.24, 2.45) is 0 Å². The molecule has 0 fully saturated rings. The zero-order valence-electron chi connectivity index (χ0n) is 6.47. The summed E-state index contributed by atoms with van der Waals surface area (Å²) in [7, 11) is 0. The maximum absolute atomic E-state index is 11.6. The molecular weight excluding hydrogens is 300 g/mol. The number of aromatic nitrogens is 1. The largest absolute Gasteiger partial charge is 0.349 e. The van der Waals surface area contributed by atoms with Crippen LogP contribution in [0.5, 0.6) is 0 Å². The molecule has 0 bridgehead atoms. The Balaban J connectivity index is 3.03. The summed E-state index contributed by atoms with van der Waals surface area (Å²) in [6.07, 6.45) is 0. The summed E-state index contributed by atoms with van der Waals surface area (Å²) in [6.45, 7) is 0. The first kappa shape index (κ1) is 9.02. The van der Waals surface area contributed by atoms with Crippen LogP contribution in [0.2, 0.25) is 5.02 Å². The van der Waals surface area contributed by atoms with Gasteiger partial charge in [-0.25, -0.2) is 0 Å². The highest BCUT2D eigenvalue weighted by atomic mass is 127. The summed E-state index contributed by atoms with van der Waals surface area (Å²) in [5.41, 5.74) is 0.710. The molecule has 66 valence electrons. The van der Waals surface area contributed by atoms with E-state index in [9.17, 15) is 4.79 Å². The van der Waals surface area contributed by atoms with Crippen molar-refractivity contribution in [3.8, 4) is 0 Å². The standard InChI is InChI=1S/C9H5ClINO/c10-7-8(13)5-3-1-2-4-6(5)12-9(7)11/h1-4H,(H,12,13). The van der Waals surface area contributed by atoms with Crippen molar-refractivity contribution >= 4 is 45.1 Å². The van der Waals surface area contributed by atoms with E-state index in [1.54, 1.807) is 6.07 Å². The highest BCUT2D eigenvalue weighted by molar-refractivity contribution is 14.1. The van der Waals surface area contributed by atoms with E-state index in [0.29, 0.717) is 9.09 Å². The number of fused-ring (bicyclic) bond motifs is 1. The van der Waals surface area contributed by atoms with E-state index in [1.807, 2.05) is 40.8 Å². The molecule has 1 N–H and O–H groups in total. The van der Waals surface area contributed by atoms with Crippen LogP contribution in [0.4, 0.5) is 0 Å². The van der Waals surface area contributed by atoms with Crippen molar-refractivity contribution < 1.29 is 0 Å². The molecule has 1 aromatic heterocycles. The quantitative estimate of drug-likeness (QED) is 0.589. The van der Waals surface area contributed by atoms with E-state index in [0.717, 1.165) is 5.52 Å². The number of H-pyrrole nitrogens is 1. The van der Waals surface area contributed by atoms with Crippen LogP contribution < -0.4 is 5.43 Å². The van der Waals surface area contributed by atoms with Crippen molar-refractivity contribution in [2.75, 3.05) is 0 Å². The number of halogens is 2. The zero-order valence-corrected chi connectivity index (χ0v) is 9.39. The van der Waals surface area contributed by atoms with Gasteiger partial charge in [-0.1, -0.05) is 23.7 Å². The van der Waals surface area contributed by atoms with E-state index in [4.69, 9.17) is 11.6 Å². The average Bonchev–Trinajstić information content (AvgIpc) is 2.15. The number of aromatic amines is 1. The minimum absolute atomic E-state index is 0.111. The Labute approximate surface area is 93.1 Å². The van der Waals surface area contributed by atoms with Gasteiger partial charge in [0, 0.05) is 5.39 Å². The minimum atomic E-state index is -0.111. The molecule has 0 aliphatic rings. The van der Waals surface area contributed by atoms with Gasteiger partial charge in [-0.15, -0.1) is 0 Å². The lowest BCUT2D eigenvalue weighted by Gasteiger charge is -1.99. The fourth-order valence-corrected chi connectivity index (χ4v) is 1.87. The Hall–Kier alpha value is -0.550. The molecule has 0 aliphatic carbocycles. The minimum Gasteiger partial charge on any atom is -0.349 e. The van der Waals surface area contributed by atoms with Crippen molar-refractivity contribution in [1.82, 2.24) is 4.98 Å². The summed E-state index contributed by atoms with van der Waals surface area (Å²) >= 11 is 7.82. The molecule has 2 aromatic rings. The van der Waals surface area contributed by atoms with Crippen LogP contribution in [0, 0.1) is 3.70 Å². The molecule has 0 amide bonds. The van der Waals surface area contributed by atoms with Gasteiger partial charge < -0.3 is 4.98 Å². The maximum atomic E-state index is 11.6. The average molecular weight is 306 g/mol. The third-order valence-corrected chi connectivity index (χ3v) is 3.30. The first-order chi connectivity index (χ1) is 6.20. The number of pyridine rings is 1. The molecule has 2 rings (SSSR count).